The number of benzene rings is 2. The van der Waals surface area contributed by atoms with E-state index in [1.807, 2.05) is 31.5 Å². The first-order chi connectivity index (χ1) is 15.7. The van der Waals surface area contributed by atoms with Crippen LogP contribution in [0, 0.1) is 6.92 Å². The molecule has 3 aromatic rings. The van der Waals surface area contributed by atoms with E-state index in [0.717, 1.165) is 76.0 Å². The van der Waals surface area contributed by atoms with Crippen molar-refractivity contribution >= 4 is 5.69 Å². The van der Waals surface area contributed by atoms with Gasteiger partial charge in [-0.05, 0) is 56.1 Å². The Morgan fingerprint density at radius 1 is 0.938 bits per heavy atom. The van der Waals surface area contributed by atoms with Crippen LogP contribution in [0.2, 0.25) is 0 Å². The van der Waals surface area contributed by atoms with Gasteiger partial charge in [0.25, 0.3) is 0 Å². The van der Waals surface area contributed by atoms with Gasteiger partial charge in [-0.25, -0.2) is 4.98 Å². The van der Waals surface area contributed by atoms with Crippen molar-refractivity contribution in [2.24, 2.45) is 0 Å². The molecule has 2 aromatic carbocycles. The molecule has 0 atom stereocenters. The highest BCUT2D eigenvalue weighted by atomic mass is 16.5. The Morgan fingerprint density at radius 2 is 1.72 bits per heavy atom. The van der Waals surface area contributed by atoms with Gasteiger partial charge in [0.15, 0.2) is 0 Å². The Labute approximate surface area is 191 Å². The molecular formula is C26H34N4O2. The van der Waals surface area contributed by atoms with Gasteiger partial charge in [-0.3, -0.25) is 4.90 Å². The minimum absolute atomic E-state index is 0.765. The first kappa shape index (κ1) is 22.2. The van der Waals surface area contributed by atoms with E-state index in [4.69, 9.17) is 9.47 Å². The number of hydrogen-bond donors (Lipinski definition) is 0. The number of aryl methyl sites for hydroxylation is 1. The average Bonchev–Trinajstić information content (AvgIpc) is 3.24. The van der Waals surface area contributed by atoms with Gasteiger partial charge in [0, 0.05) is 45.1 Å². The number of unbranched alkanes of at least 4 members (excludes halogenated alkanes) is 1. The van der Waals surface area contributed by atoms with Gasteiger partial charge in [-0.15, -0.1) is 0 Å². The maximum Gasteiger partial charge on any atom is 0.142 e. The van der Waals surface area contributed by atoms with Crippen LogP contribution in [-0.2, 0) is 6.54 Å². The Morgan fingerprint density at radius 3 is 2.44 bits per heavy atom. The summed E-state index contributed by atoms with van der Waals surface area (Å²) in [6, 6.07) is 16.7. The number of hydrogen-bond acceptors (Lipinski definition) is 5. The molecular weight excluding hydrogens is 400 g/mol. The van der Waals surface area contributed by atoms with Crippen LogP contribution in [0.3, 0.4) is 0 Å². The summed E-state index contributed by atoms with van der Waals surface area (Å²) in [5.41, 5.74) is 2.46. The highest BCUT2D eigenvalue weighted by Crippen LogP contribution is 2.28. The van der Waals surface area contributed by atoms with E-state index in [9.17, 15) is 0 Å². The molecule has 2 heterocycles. The monoisotopic (exact) mass is 434 g/mol. The molecule has 0 aliphatic carbocycles. The molecule has 1 saturated heterocycles. The summed E-state index contributed by atoms with van der Waals surface area (Å²) in [6.45, 7) is 9.04. The number of rotatable bonds is 10. The highest BCUT2D eigenvalue weighted by molar-refractivity contribution is 5.58. The molecule has 32 heavy (non-hydrogen) atoms. The molecule has 1 aromatic heterocycles. The Bertz CT molecular complexity index is 962. The predicted octanol–water partition coefficient (Wildman–Crippen LogP) is 4.23. The number of ether oxygens (including phenoxy) is 2. The number of aromatic nitrogens is 2. The fraction of sp³-hybridized carbons (Fsp3) is 0.423. The standard InChI is InChI=1S/C26H34N4O2/c1-22-27-13-15-30(22)21-23-9-11-24(12-10-23)32-20-6-5-14-28-16-18-29(19-17-28)25-7-3-4-8-26(25)31-2/h3-4,7-13,15H,5-6,14,16-21H2,1-2H3. The zero-order chi connectivity index (χ0) is 22.2. The second-order valence-electron chi connectivity index (χ2n) is 8.30. The van der Waals surface area contributed by atoms with Gasteiger partial charge in [0.1, 0.15) is 17.3 Å². The zero-order valence-corrected chi connectivity index (χ0v) is 19.2. The summed E-state index contributed by atoms with van der Waals surface area (Å²) in [4.78, 5) is 9.26. The quantitative estimate of drug-likeness (QED) is 0.447. The van der Waals surface area contributed by atoms with E-state index in [1.54, 1.807) is 7.11 Å². The molecule has 0 spiro atoms. The fourth-order valence-corrected chi connectivity index (χ4v) is 4.19. The van der Waals surface area contributed by atoms with Crippen LogP contribution >= 0.6 is 0 Å². The van der Waals surface area contributed by atoms with Crippen LogP contribution in [0.4, 0.5) is 5.69 Å². The van der Waals surface area contributed by atoms with Crippen LogP contribution in [0.15, 0.2) is 60.9 Å². The second kappa shape index (κ2) is 11.0. The molecule has 6 heteroatoms. The summed E-state index contributed by atoms with van der Waals surface area (Å²) >= 11 is 0. The van der Waals surface area contributed by atoms with Crippen molar-refractivity contribution in [1.82, 2.24) is 14.5 Å². The maximum atomic E-state index is 5.95. The lowest BCUT2D eigenvalue weighted by Crippen LogP contribution is -2.46. The number of piperazine rings is 1. The molecule has 1 aliphatic rings. The maximum absolute atomic E-state index is 5.95. The van der Waals surface area contributed by atoms with Crippen molar-refractivity contribution in [3.8, 4) is 11.5 Å². The molecule has 0 bridgehead atoms. The van der Waals surface area contributed by atoms with Gasteiger partial charge >= 0.3 is 0 Å². The SMILES string of the molecule is COc1ccccc1N1CCN(CCCCOc2ccc(Cn3ccnc3C)cc2)CC1. The molecule has 0 N–H and O–H groups in total. The van der Waals surface area contributed by atoms with Crippen LogP contribution in [0.25, 0.3) is 0 Å². The Kier molecular flexibility index (Phi) is 7.67. The third-order valence-corrected chi connectivity index (χ3v) is 6.14. The molecule has 0 saturated carbocycles. The van der Waals surface area contributed by atoms with Crippen LogP contribution in [-0.4, -0.2) is 60.9 Å². The van der Waals surface area contributed by atoms with E-state index in [0.29, 0.717) is 0 Å². The van der Waals surface area contributed by atoms with E-state index < -0.39 is 0 Å². The van der Waals surface area contributed by atoms with Gasteiger partial charge in [-0.1, -0.05) is 24.3 Å². The first-order valence-corrected chi connectivity index (χ1v) is 11.5. The number of anilines is 1. The number of methoxy groups -OCH3 is 1. The summed E-state index contributed by atoms with van der Waals surface area (Å²) in [5.74, 6) is 2.94. The summed E-state index contributed by atoms with van der Waals surface area (Å²) in [6.07, 6.45) is 6.08. The molecule has 170 valence electrons. The predicted molar refractivity (Wildman–Crippen MR) is 129 cm³/mol. The van der Waals surface area contributed by atoms with E-state index >= 15 is 0 Å². The molecule has 4 rings (SSSR count). The topological polar surface area (TPSA) is 42.8 Å². The van der Waals surface area contributed by atoms with Crippen LogP contribution in [0.5, 0.6) is 11.5 Å². The molecule has 1 aliphatic heterocycles. The summed E-state index contributed by atoms with van der Waals surface area (Å²) in [7, 11) is 1.74. The third kappa shape index (κ3) is 5.82. The van der Waals surface area contributed by atoms with Crippen molar-refractivity contribution in [1.29, 1.82) is 0 Å². The molecule has 6 nitrogen and oxygen atoms in total. The van der Waals surface area contributed by atoms with Crippen molar-refractivity contribution in [3.05, 3.63) is 72.3 Å². The fourth-order valence-electron chi connectivity index (χ4n) is 4.19. The minimum Gasteiger partial charge on any atom is -0.495 e. The number of nitrogens with zero attached hydrogens (tertiary/aromatic N) is 4. The average molecular weight is 435 g/mol. The lowest BCUT2D eigenvalue weighted by atomic mass is 10.2. The van der Waals surface area contributed by atoms with E-state index in [1.165, 1.54) is 11.3 Å². The summed E-state index contributed by atoms with van der Waals surface area (Å²) in [5, 5.41) is 0. The molecule has 0 unspecified atom stereocenters. The summed E-state index contributed by atoms with van der Waals surface area (Å²) < 4.78 is 13.6. The highest BCUT2D eigenvalue weighted by Gasteiger charge is 2.19. The molecule has 0 amide bonds. The lowest BCUT2D eigenvalue weighted by Gasteiger charge is -2.36. The van der Waals surface area contributed by atoms with E-state index in [-0.39, 0.29) is 0 Å². The Balaban J connectivity index is 1.12. The second-order valence-corrected chi connectivity index (χ2v) is 8.30. The van der Waals surface area contributed by atoms with Crippen molar-refractivity contribution in [2.45, 2.75) is 26.3 Å². The van der Waals surface area contributed by atoms with Crippen LogP contribution in [0.1, 0.15) is 24.2 Å². The largest absolute Gasteiger partial charge is 0.495 e. The van der Waals surface area contributed by atoms with Crippen LogP contribution < -0.4 is 14.4 Å². The minimum atomic E-state index is 0.765. The van der Waals surface area contributed by atoms with Gasteiger partial charge in [0.05, 0.1) is 19.4 Å². The smallest absolute Gasteiger partial charge is 0.142 e. The lowest BCUT2D eigenvalue weighted by molar-refractivity contribution is 0.238. The normalized spacial score (nSPS) is 14.5. The Hall–Kier alpha value is -2.99. The first-order valence-electron chi connectivity index (χ1n) is 11.5. The van der Waals surface area contributed by atoms with Crippen molar-refractivity contribution in [3.63, 3.8) is 0 Å². The van der Waals surface area contributed by atoms with Crippen molar-refractivity contribution < 1.29 is 9.47 Å². The molecule has 1 fully saturated rings. The van der Waals surface area contributed by atoms with Gasteiger partial charge in [-0.2, -0.15) is 0 Å². The van der Waals surface area contributed by atoms with Crippen molar-refractivity contribution in [2.75, 3.05) is 51.3 Å². The number of imidazole rings is 1. The van der Waals surface area contributed by atoms with Gasteiger partial charge in [0.2, 0.25) is 0 Å². The zero-order valence-electron chi connectivity index (χ0n) is 19.2. The third-order valence-electron chi connectivity index (χ3n) is 6.14. The molecule has 0 radical (unpaired) electrons. The van der Waals surface area contributed by atoms with E-state index in [2.05, 4.69) is 55.7 Å². The van der Waals surface area contributed by atoms with Gasteiger partial charge < -0.3 is 18.9 Å². The number of para-hydroxylation sites is 2.